The smallest absolute Gasteiger partial charge is 0.303 e. The molecule has 0 heterocycles. The first-order chi connectivity index (χ1) is 9.39. The quantitative estimate of drug-likeness (QED) is 0.868. The number of carboxylic acids is 1. The second-order valence-corrected chi connectivity index (χ2v) is 6.03. The number of carbonyl (C=O) groups excluding carboxylic acids is 1. The van der Waals surface area contributed by atoms with Crippen LogP contribution in [0.2, 0.25) is 0 Å². The van der Waals surface area contributed by atoms with Crippen molar-refractivity contribution in [3.8, 4) is 0 Å². The first kappa shape index (κ1) is 14.6. The lowest BCUT2D eigenvalue weighted by atomic mass is 9.96. The number of aliphatic carboxylic acids is 1. The fourth-order valence-corrected chi connectivity index (χ4v) is 2.69. The second-order valence-electron chi connectivity index (χ2n) is 6.03. The maximum absolute atomic E-state index is 12.4. The van der Waals surface area contributed by atoms with Crippen LogP contribution >= 0.6 is 0 Å². The van der Waals surface area contributed by atoms with Gasteiger partial charge in [0.2, 0.25) is 0 Å². The van der Waals surface area contributed by atoms with Gasteiger partial charge in [0.05, 0.1) is 0 Å². The highest BCUT2D eigenvalue weighted by Crippen LogP contribution is 2.25. The number of hydrogen-bond acceptors (Lipinski definition) is 2. The van der Waals surface area contributed by atoms with Gasteiger partial charge in [-0.1, -0.05) is 12.1 Å². The van der Waals surface area contributed by atoms with Crippen molar-refractivity contribution < 1.29 is 14.7 Å². The third-order valence-electron chi connectivity index (χ3n) is 3.81. The molecule has 0 saturated heterocycles. The molecule has 4 nitrogen and oxygen atoms in total. The zero-order valence-electron chi connectivity index (χ0n) is 12.0. The highest BCUT2D eigenvalue weighted by molar-refractivity contribution is 5.96. The lowest BCUT2D eigenvalue weighted by Gasteiger charge is -2.26. The SMILES string of the molecule is CC(C)(CCC(=O)O)NC(=O)c1cccc2c1CCC2. The Hall–Kier alpha value is -1.84. The Morgan fingerprint density at radius 1 is 1.30 bits per heavy atom. The zero-order valence-corrected chi connectivity index (χ0v) is 12.0. The van der Waals surface area contributed by atoms with E-state index >= 15 is 0 Å². The van der Waals surface area contributed by atoms with Gasteiger partial charge in [-0.05, 0) is 56.7 Å². The monoisotopic (exact) mass is 275 g/mol. The summed E-state index contributed by atoms with van der Waals surface area (Å²) in [5, 5.41) is 11.7. The summed E-state index contributed by atoms with van der Waals surface area (Å²) in [6, 6.07) is 5.85. The molecule has 0 aliphatic heterocycles. The Balaban J connectivity index is 2.09. The van der Waals surface area contributed by atoms with Crippen LogP contribution < -0.4 is 5.32 Å². The fraction of sp³-hybridized carbons (Fsp3) is 0.500. The molecule has 0 unspecified atom stereocenters. The molecule has 20 heavy (non-hydrogen) atoms. The summed E-state index contributed by atoms with van der Waals surface area (Å²) < 4.78 is 0. The molecule has 108 valence electrons. The standard InChI is InChI=1S/C16H21NO3/c1-16(2,10-9-14(18)19)17-15(20)13-8-4-6-11-5-3-7-12(11)13/h4,6,8H,3,5,7,9-10H2,1-2H3,(H,17,20)(H,18,19). The molecule has 1 aromatic rings. The number of rotatable bonds is 5. The number of fused-ring (bicyclic) bond motifs is 1. The molecule has 2 rings (SSSR count). The van der Waals surface area contributed by atoms with Gasteiger partial charge in [0.15, 0.2) is 0 Å². The molecule has 0 radical (unpaired) electrons. The van der Waals surface area contributed by atoms with Crippen LogP contribution in [0.15, 0.2) is 18.2 Å². The van der Waals surface area contributed by atoms with E-state index in [2.05, 4.69) is 11.4 Å². The largest absolute Gasteiger partial charge is 0.481 e. The highest BCUT2D eigenvalue weighted by atomic mass is 16.4. The Bertz CT molecular complexity index is 535. The topological polar surface area (TPSA) is 66.4 Å². The average Bonchev–Trinajstić information content (AvgIpc) is 2.83. The van der Waals surface area contributed by atoms with Crippen LogP contribution in [0.1, 0.15) is 54.6 Å². The third-order valence-corrected chi connectivity index (χ3v) is 3.81. The Labute approximate surface area is 119 Å². The number of amides is 1. The average molecular weight is 275 g/mol. The Morgan fingerprint density at radius 2 is 2.05 bits per heavy atom. The molecule has 1 amide bonds. The van der Waals surface area contributed by atoms with E-state index in [-0.39, 0.29) is 12.3 Å². The predicted octanol–water partition coefficient (Wildman–Crippen LogP) is 2.55. The predicted molar refractivity (Wildman–Crippen MR) is 76.9 cm³/mol. The van der Waals surface area contributed by atoms with E-state index in [0.717, 1.165) is 30.4 Å². The maximum Gasteiger partial charge on any atom is 0.303 e. The summed E-state index contributed by atoms with van der Waals surface area (Å²) >= 11 is 0. The van der Waals surface area contributed by atoms with Crippen molar-refractivity contribution in [2.75, 3.05) is 0 Å². The minimum atomic E-state index is -0.840. The number of hydrogen-bond donors (Lipinski definition) is 2. The number of carbonyl (C=O) groups is 2. The summed E-state index contributed by atoms with van der Waals surface area (Å²) in [5.74, 6) is -0.938. The van der Waals surface area contributed by atoms with Gasteiger partial charge < -0.3 is 10.4 Å². The van der Waals surface area contributed by atoms with Gasteiger partial charge in [0, 0.05) is 17.5 Å². The van der Waals surface area contributed by atoms with Crippen molar-refractivity contribution in [1.29, 1.82) is 0 Å². The van der Waals surface area contributed by atoms with E-state index in [1.807, 2.05) is 26.0 Å². The van der Waals surface area contributed by atoms with E-state index in [1.54, 1.807) is 0 Å². The molecule has 2 N–H and O–H groups in total. The van der Waals surface area contributed by atoms with Crippen molar-refractivity contribution in [3.05, 3.63) is 34.9 Å². The minimum absolute atomic E-state index is 0.0557. The molecule has 0 aromatic heterocycles. The number of nitrogens with one attached hydrogen (secondary N) is 1. The number of carboxylic acid groups (broad SMARTS) is 1. The molecule has 4 heteroatoms. The number of benzene rings is 1. The van der Waals surface area contributed by atoms with Crippen LogP contribution in [0.5, 0.6) is 0 Å². The summed E-state index contributed by atoms with van der Waals surface area (Å²) in [6.07, 6.45) is 3.57. The van der Waals surface area contributed by atoms with E-state index in [4.69, 9.17) is 5.11 Å². The second kappa shape index (κ2) is 5.65. The first-order valence-electron chi connectivity index (χ1n) is 7.04. The third kappa shape index (κ3) is 3.38. The van der Waals surface area contributed by atoms with E-state index in [0.29, 0.717) is 6.42 Å². The van der Waals surface area contributed by atoms with Crippen molar-refractivity contribution in [3.63, 3.8) is 0 Å². The molecule has 0 atom stereocenters. The maximum atomic E-state index is 12.4. The Morgan fingerprint density at radius 3 is 2.75 bits per heavy atom. The highest BCUT2D eigenvalue weighted by Gasteiger charge is 2.25. The van der Waals surface area contributed by atoms with Crippen LogP contribution in [0.3, 0.4) is 0 Å². The van der Waals surface area contributed by atoms with Crippen LogP contribution in [0.4, 0.5) is 0 Å². The lowest BCUT2D eigenvalue weighted by molar-refractivity contribution is -0.137. The van der Waals surface area contributed by atoms with E-state index in [1.165, 1.54) is 5.56 Å². The van der Waals surface area contributed by atoms with Crippen LogP contribution in [-0.4, -0.2) is 22.5 Å². The summed E-state index contributed by atoms with van der Waals surface area (Å²) in [5.41, 5.74) is 2.64. The van der Waals surface area contributed by atoms with Gasteiger partial charge >= 0.3 is 5.97 Å². The first-order valence-corrected chi connectivity index (χ1v) is 7.04. The molecule has 1 aliphatic carbocycles. The summed E-state index contributed by atoms with van der Waals surface area (Å²) in [4.78, 5) is 23.0. The zero-order chi connectivity index (χ0) is 14.8. The van der Waals surface area contributed by atoms with Crippen LogP contribution in [0.25, 0.3) is 0 Å². The lowest BCUT2D eigenvalue weighted by Crippen LogP contribution is -2.44. The van der Waals surface area contributed by atoms with E-state index < -0.39 is 11.5 Å². The summed E-state index contributed by atoms with van der Waals surface area (Å²) in [6.45, 7) is 3.72. The Kier molecular flexibility index (Phi) is 4.12. The van der Waals surface area contributed by atoms with Gasteiger partial charge in [-0.25, -0.2) is 0 Å². The van der Waals surface area contributed by atoms with E-state index in [9.17, 15) is 9.59 Å². The molecule has 0 bridgehead atoms. The fourth-order valence-electron chi connectivity index (χ4n) is 2.69. The number of aryl methyl sites for hydroxylation is 1. The van der Waals surface area contributed by atoms with Crippen molar-refractivity contribution in [2.45, 2.75) is 51.5 Å². The molecule has 0 spiro atoms. The minimum Gasteiger partial charge on any atom is -0.481 e. The molecule has 0 saturated carbocycles. The van der Waals surface area contributed by atoms with Crippen LogP contribution in [-0.2, 0) is 17.6 Å². The molecule has 1 aromatic carbocycles. The van der Waals surface area contributed by atoms with Gasteiger partial charge in [-0.3, -0.25) is 9.59 Å². The molecule has 0 fully saturated rings. The molecule has 1 aliphatic rings. The van der Waals surface area contributed by atoms with Crippen molar-refractivity contribution in [1.82, 2.24) is 5.32 Å². The van der Waals surface area contributed by atoms with Gasteiger partial charge in [0.25, 0.3) is 5.91 Å². The van der Waals surface area contributed by atoms with Gasteiger partial charge in [0.1, 0.15) is 0 Å². The van der Waals surface area contributed by atoms with Crippen LogP contribution in [0, 0.1) is 0 Å². The molecular weight excluding hydrogens is 254 g/mol. The van der Waals surface area contributed by atoms with Crippen molar-refractivity contribution >= 4 is 11.9 Å². The molecular formula is C16H21NO3. The normalized spacial score (nSPS) is 13.9. The van der Waals surface area contributed by atoms with Gasteiger partial charge in [-0.15, -0.1) is 0 Å². The summed E-state index contributed by atoms with van der Waals surface area (Å²) in [7, 11) is 0. The van der Waals surface area contributed by atoms with Crippen molar-refractivity contribution in [2.24, 2.45) is 0 Å². The van der Waals surface area contributed by atoms with Gasteiger partial charge in [-0.2, -0.15) is 0 Å².